The maximum absolute atomic E-state index is 4.93. The molecule has 6 aromatic carbocycles. The number of rotatable bonds is 10. The molecule has 0 bridgehead atoms. The summed E-state index contributed by atoms with van der Waals surface area (Å²) in [6, 6.07) is 36.6. The molecule has 6 rings (SSSR count). The SMILES string of the molecule is CCCc1ccc2[cH-]c(CC)cc2c1-c1ccccc1CC.CCCc1ccc2[cH-]c(CC)cc2c1-c1ccccc1CC.C[Si]C.[Cl][Zr+2][Cl]. The molecular formula is C46H56Cl2SiZr. The zero-order chi connectivity index (χ0) is 36.5. The van der Waals surface area contributed by atoms with Gasteiger partial charge in [-0.25, -0.2) is 0 Å². The van der Waals surface area contributed by atoms with Crippen molar-refractivity contribution in [2.45, 2.75) is 106 Å². The van der Waals surface area contributed by atoms with Crippen molar-refractivity contribution in [2.75, 3.05) is 0 Å². The summed E-state index contributed by atoms with van der Waals surface area (Å²) in [6.45, 7) is 17.8. The fourth-order valence-electron chi connectivity index (χ4n) is 6.92. The molecule has 0 fully saturated rings. The molecule has 0 aliphatic carbocycles. The van der Waals surface area contributed by atoms with Crippen LogP contribution in [0.5, 0.6) is 0 Å². The van der Waals surface area contributed by atoms with Gasteiger partial charge in [-0.05, 0) is 60.8 Å². The summed E-state index contributed by atoms with van der Waals surface area (Å²) < 4.78 is 0. The fraction of sp³-hybridized carbons (Fsp3) is 0.348. The second-order valence-corrected chi connectivity index (χ2v) is 17.5. The van der Waals surface area contributed by atoms with Gasteiger partial charge in [0.2, 0.25) is 0 Å². The molecule has 0 unspecified atom stereocenters. The van der Waals surface area contributed by atoms with Crippen LogP contribution < -0.4 is 0 Å². The van der Waals surface area contributed by atoms with Gasteiger partial charge in [-0.15, -0.1) is 69.1 Å². The molecule has 0 aliphatic heterocycles. The van der Waals surface area contributed by atoms with Gasteiger partial charge < -0.3 is 0 Å². The Morgan fingerprint density at radius 3 is 1.20 bits per heavy atom. The molecule has 2 radical (unpaired) electrons. The average molecular weight is 799 g/mol. The second-order valence-electron chi connectivity index (χ2n) is 12.7. The minimum atomic E-state index is -0.826. The Hall–Kier alpha value is -2.22. The predicted molar refractivity (Wildman–Crippen MR) is 225 cm³/mol. The number of benzene rings is 4. The molecule has 0 saturated carbocycles. The van der Waals surface area contributed by atoms with Gasteiger partial charge in [-0.1, -0.05) is 138 Å². The quantitative estimate of drug-likeness (QED) is 0.0956. The summed E-state index contributed by atoms with van der Waals surface area (Å²) in [5.41, 5.74) is 14.6. The number of hydrogen-bond donors (Lipinski definition) is 0. The monoisotopic (exact) mass is 796 g/mol. The molecule has 0 amide bonds. The van der Waals surface area contributed by atoms with E-state index in [4.69, 9.17) is 17.0 Å². The van der Waals surface area contributed by atoms with Crippen LogP contribution in [0.3, 0.4) is 0 Å². The van der Waals surface area contributed by atoms with Gasteiger partial charge in [-0.3, -0.25) is 0 Å². The third-order valence-electron chi connectivity index (χ3n) is 9.26. The molecule has 0 aliphatic rings. The molecule has 262 valence electrons. The molecule has 0 saturated heterocycles. The van der Waals surface area contributed by atoms with Crippen LogP contribution in [-0.2, 0) is 59.4 Å². The van der Waals surface area contributed by atoms with Crippen LogP contribution in [0.1, 0.15) is 87.8 Å². The molecule has 0 N–H and O–H groups in total. The van der Waals surface area contributed by atoms with Crippen molar-refractivity contribution >= 4 is 48.1 Å². The van der Waals surface area contributed by atoms with Crippen molar-refractivity contribution in [2.24, 2.45) is 0 Å². The van der Waals surface area contributed by atoms with E-state index in [0.29, 0.717) is 0 Å². The van der Waals surface area contributed by atoms with Crippen molar-refractivity contribution in [1.29, 1.82) is 0 Å². The number of hydrogen-bond acceptors (Lipinski definition) is 0. The first-order chi connectivity index (χ1) is 24.4. The van der Waals surface area contributed by atoms with E-state index < -0.39 is 20.8 Å². The summed E-state index contributed by atoms with van der Waals surface area (Å²) in [6.07, 6.45) is 9.05. The Bertz CT molecular complexity index is 1740. The van der Waals surface area contributed by atoms with Crippen LogP contribution in [0.2, 0.25) is 13.1 Å². The van der Waals surface area contributed by atoms with E-state index in [1.54, 1.807) is 0 Å². The number of halogens is 2. The van der Waals surface area contributed by atoms with Crippen LogP contribution in [0.25, 0.3) is 43.8 Å². The van der Waals surface area contributed by atoms with Crippen molar-refractivity contribution in [3.8, 4) is 22.3 Å². The molecule has 50 heavy (non-hydrogen) atoms. The van der Waals surface area contributed by atoms with Gasteiger partial charge in [0.1, 0.15) is 0 Å². The second kappa shape index (κ2) is 22.7. The Morgan fingerprint density at radius 2 is 0.880 bits per heavy atom. The predicted octanol–water partition coefficient (Wildman–Crippen LogP) is 14.8. The van der Waals surface area contributed by atoms with Gasteiger partial charge in [0.05, 0.1) is 0 Å². The standard InChI is InChI=1S/2C22H25.C2H6Si.2ClH.Zr/c2*1-4-9-18-12-13-19-14-16(5-2)15-21(19)22(18)20-11-8-7-10-17(20)6-3;1-3-2;;;/h2*7-8,10-15H,4-6,9H2,1-3H3;1-2H3;2*1H;/q2*-1;;;;+4/p-2. The summed E-state index contributed by atoms with van der Waals surface area (Å²) in [5, 5.41) is 5.64. The summed E-state index contributed by atoms with van der Waals surface area (Å²) in [4.78, 5) is 0. The van der Waals surface area contributed by atoms with E-state index in [0.717, 1.165) is 48.0 Å². The van der Waals surface area contributed by atoms with E-state index in [1.807, 2.05) is 0 Å². The first-order valence-corrected chi connectivity index (χ1v) is 26.9. The topological polar surface area (TPSA) is 0 Å². The van der Waals surface area contributed by atoms with Gasteiger partial charge in [0, 0.05) is 9.52 Å². The molecular weight excluding hydrogens is 743 g/mol. The number of aryl methyl sites for hydroxylation is 6. The van der Waals surface area contributed by atoms with Crippen LogP contribution in [-0.4, -0.2) is 9.52 Å². The van der Waals surface area contributed by atoms with Crippen molar-refractivity contribution in [3.63, 3.8) is 0 Å². The number of fused-ring (bicyclic) bond motifs is 2. The Labute approximate surface area is 325 Å². The molecule has 0 heterocycles. The summed E-state index contributed by atoms with van der Waals surface area (Å²) >= 11 is -0.826. The molecule has 0 atom stereocenters. The first-order valence-electron chi connectivity index (χ1n) is 18.5. The van der Waals surface area contributed by atoms with Crippen molar-refractivity contribution < 1.29 is 20.8 Å². The van der Waals surface area contributed by atoms with Gasteiger partial charge in [-0.2, -0.15) is 12.1 Å². The van der Waals surface area contributed by atoms with Crippen LogP contribution in [0.15, 0.2) is 97.1 Å². The van der Waals surface area contributed by atoms with Crippen molar-refractivity contribution in [3.05, 3.63) is 130 Å². The van der Waals surface area contributed by atoms with E-state index in [9.17, 15) is 0 Å². The Balaban J connectivity index is 0.000000234. The van der Waals surface area contributed by atoms with Crippen LogP contribution >= 0.6 is 17.0 Å². The molecule has 0 nitrogen and oxygen atoms in total. The Morgan fingerprint density at radius 1 is 0.520 bits per heavy atom. The van der Waals surface area contributed by atoms with Crippen molar-refractivity contribution in [1.82, 2.24) is 0 Å². The fourth-order valence-corrected chi connectivity index (χ4v) is 6.92. The third kappa shape index (κ3) is 10.9. The third-order valence-corrected chi connectivity index (χ3v) is 9.26. The zero-order valence-electron chi connectivity index (χ0n) is 31.7. The van der Waals surface area contributed by atoms with Gasteiger partial charge in [0.25, 0.3) is 0 Å². The molecule has 0 aromatic heterocycles. The van der Waals surface area contributed by atoms with E-state index in [-0.39, 0.29) is 0 Å². The molecule has 6 aromatic rings. The van der Waals surface area contributed by atoms with Gasteiger partial charge in [0.15, 0.2) is 0 Å². The summed E-state index contributed by atoms with van der Waals surface area (Å²) in [7, 11) is 11.0. The first kappa shape index (κ1) is 42.2. The molecule has 4 heteroatoms. The zero-order valence-corrected chi connectivity index (χ0v) is 36.6. The van der Waals surface area contributed by atoms with E-state index >= 15 is 0 Å². The normalized spacial score (nSPS) is 10.4. The minimum absolute atomic E-state index is 0.826. The van der Waals surface area contributed by atoms with E-state index in [2.05, 4.69) is 152 Å². The van der Waals surface area contributed by atoms with Gasteiger partial charge >= 0.3 is 37.9 Å². The summed E-state index contributed by atoms with van der Waals surface area (Å²) in [5.74, 6) is 0. The molecule has 0 spiro atoms. The Kier molecular flexibility index (Phi) is 19.1. The van der Waals surface area contributed by atoms with Crippen LogP contribution in [0, 0.1) is 0 Å². The van der Waals surface area contributed by atoms with E-state index in [1.165, 1.54) is 90.0 Å². The average Bonchev–Trinajstić information content (AvgIpc) is 3.77. The maximum atomic E-state index is 4.93. The van der Waals surface area contributed by atoms with Crippen LogP contribution in [0.4, 0.5) is 0 Å².